The summed E-state index contributed by atoms with van der Waals surface area (Å²) in [6, 6.07) is 5.13. The number of fused-ring (bicyclic) bond motifs is 1. The van der Waals surface area contributed by atoms with Crippen molar-refractivity contribution in [2.24, 2.45) is 0 Å². The molecule has 2 aromatic heterocycles. The molecule has 5 nitrogen and oxygen atoms in total. The van der Waals surface area contributed by atoms with E-state index in [2.05, 4.69) is 4.98 Å². The first-order chi connectivity index (χ1) is 9.95. The number of hydrogen-bond acceptors (Lipinski definition) is 3. The summed E-state index contributed by atoms with van der Waals surface area (Å²) in [6.07, 6.45) is 3.22. The maximum atomic E-state index is 13.4. The molecule has 0 spiro atoms. The molecule has 0 saturated carbocycles. The fourth-order valence-electron chi connectivity index (χ4n) is 1.98. The van der Waals surface area contributed by atoms with Gasteiger partial charge in [0, 0.05) is 24.0 Å². The minimum atomic E-state index is -0.895. The Kier molecular flexibility index (Phi) is 3.27. The van der Waals surface area contributed by atoms with Gasteiger partial charge in [-0.25, -0.2) is 4.98 Å². The van der Waals surface area contributed by atoms with Crippen LogP contribution in [-0.4, -0.2) is 14.3 Å². The van der Waals surface area contributed by atoms with Crippen molar-refractivity contribution in [3.8, 4) is 11.3 Å². The summed E-state index contributed by atoms with van der Waals surface area (Å²) in [5.74, 6) is -0.895. The maximum absolute atomic E-state index is 13.4. The smallest absolute Gasteiger partial charge is 0.304 e. The van der Waals surface area contributed by atoms with Crippen molar-refractivity contribution >= 4 is 34.5 Å². The Morgan fingerprint density at radius 3 is 2.71 bits per heavy atom. The van der Waals surface area contributed by atoms with Gasteiger partial charge in [-0.05, 0) is 18.2 Å². The molecule has 3 aromatic rings. The van der Waals surface area contributed by atoms with Crippen LogP contribution in [0.5, 0.6) is 0 Å². The van der Waals surface area contributed by atoms with E-state index in [9.17, 15) is 14.5 Å². The Labute approximate surface area is 127 Å². The SMILES string of the molecule is O=[N+]([O-])c1cc(-c2cn3cc(Cl)cc(Cl)c3n2)ccc1F. The average Bonchev–Trinajstić information content (AvgIpc) is 2.83. The zero-order valence-corrected chi connectivity index (χ0v) is 11.8. The van der Waals surface area contributed by atoms with Crippen LogP contribution in [0.3, 0.4) is 0 Å². The van der Waals surface area contributed by atoms with E-state index in [0.717, 1.165) is 12.1 Å². The van der Waals surface area contributed by atoms with Crippen molar-refractivity contribution in [1.29, 1.82) is 0 Å². The third kappa shape index (κ3) is 2.43. The number of nitrogens with zero attached hydrogens (tertiary/aromatic N) is 3. The van der Waals surface area contributed by atoms with Crippen LogP contribution < -0.4 is 0 Å². The number of aromatic nitrogens is 2. The van der Waals surface area contributed by atoms with Crippen LogP contribution >= 0.6 is 23.2 Å². The van der Waals surface area contributed by atoms with Gasteiger partial charge < -0.3 is 4.40 Å². The van der Waals surface area contributed by atoms with E-state index in [1.165, 1.54) is 6.07 Å². The van der Waals surface area contributed by atoms with Gasteiger partial charge in [-0.2, -0.15) is 4.39 Å². The summed E-state index contributed by atoms with van der Waals surface area (Å²) in [5, 5.41) is 11.6. The van der Waals surface area contributed by atoms with Gasteiger partial charge in [-0.1, -0.05) is 23.2 Å². The molecule has 0 radical (unpaired) electrons. The molecule has 0 aliphatic rings. The van der Waals surface area contributed by atoms with E-state index in [1.807, 2.05) is 0 Å². The van der Waals surface area contributed by atoms with Gasteiger partial charge in [0.15, 0.2) is 5.65 Å². The van der Waals surface area contributed by atoms with Gasteiger partial charge in [-0.15, -0.1) is 0 Å². The van der Waals surface area contributed by atoms with Crippen molar-refractivity contribution in [2.45, 2.75) is 0 Å². The normalized spacial score (nSPS) is 11.0. The van der Waals surface area contributed by atoms with E-state index in [0.29, 0.717) is 26.9 Å². The Morgan fingerprint density at radius 1 is 1.24 bits per heavy atom. The van der Waals surface area contributed by atoms with Crippen LogP contribution in [0.1, 0.15) is 0 Å². The predicted molar refractivity (Wildman–Crippen MR) is 77.3 cm³/mol. The van der Waals surface area contributed by atoms with E-state index in [-0.39, 0.29) is 0 Å². The first kappa shape index (κ1) is 13.8. The van der Waals surface area contributed by atoms with Crippen LogP contribution in [0.4, 0.5) is 10.1 Å². The van der Waals surface area contributed by atoms with Crippen molar-refractivity contribution in [1.82, 2.24) is 9.38 Å². The average molecular weight is 326 g/mol. The number of benzene rings is 1. The Hall–Kier alpha value is -2.18. The van der Waals surface area contributed by atoms with Crippen molar-refractivity contribution < 1.29 is 9.31 Å². The van der Waals surface area contributed by atoms with Gasteiger partial charge in [0.25, 0.3) is 0 Å². The second-order valence-electron chi connectivity index (χ2n) is 4.29. The number of imidazole rings is 1. The van der Waals surface area contributed by atoms with Crippen LogP contribution in [0.2, 0.25) is 10.0 Å². The molecule has 0 aliphatic carbocycles. The number of nitro groups is 1. The number of rotatable bonds is 2. The molecule has 0 aliphatic heterocycles. The molecule has 0 N–H and O–H groups in total. The third-order valence-electron chi connectivity index (χ3n) is 2.91. The number of hydrogen-bond donors (Lipinski definition) is 0. The van der Waals surface area contributed by atoms with Gasteiger partial charge in [0.1, 0.15) is 0 Å². The van der Waals surface area contributed by atoms with E-state index >= 15 is 0 Å². The highest BCUT2D eigenvalue weighted by atomic mass is 35.5. The second-order valence-corrected chi connectivity index (χ2v) is 5.13. The molecule has 0 unspecified atom stereocenters. The van der Waals surface area contributed by atoms with Gasteiger partial charge >= 0.3 is 5.69 Å². The van der Waals surface area contributed by atoms with Crippen molar-refractivity contribution in [3.63, 3.8) is 0 Å². The van der Waals surface area contributed by atoms with E-state index < -0.39 is 16.4 Å². The topological polar surface area (TPSA) is 60.4 Å². The van der Waals surface area contributed by atoms with Crippen LogP contribution in [-0.2, 0) is 0 Å². The molecule has 21 heavy (non-hydrogen) atoms. The molecular weight excluding hydrogens is 320 g/mol. The summed E-state index contributed by atoms with van der Waals surface area (Å²) in [5.41, 5.74) is 0.706. The first-order valence-corrected chi connectivity index (χ1v) is 6.49. The lowest BCUT2D eigenvalue weighted by atomic mass is 10.1. The highest BCUT2D eigenvalue weighted by molar-refractivity contribution is 6.36. The molecule has 106 valence electrons. The predicted octanol–water partition coefficient (Wildman–Crippen LogP) is 4.36. The Bertz CT molecular complexity index is 879. The number of halogens is 3. The fraction of sp³-hybridized carbons (Fsp3) is 0. The summed E-state index contributed by atoms with van der Waals surface area (Å²) >= 11 is 11.9. The Morgan fingerprint density at radius 2 is 2.00 bits per heavy atom. The molecule has 3 rings (SSSR count). The Balaban J connectivity index is 2.19. The summed E-state index contributed by atoms with van der Waals surface area (Å²) < 4.78 is 15.0. The summed E-state index contributed by atoms with van der Waals surface area (Å²) in [7, 11) is 0. The highest BCUT2D eigenvalue weighted by Gasteiger charge is 2.16. The van der Waals surface area contributed by atoms with Crippen LogP contribution in [0, 0.1) is 15.9 Å². The zero-order chi connectivity index (χ0) is 15.1. The van der Waals surface area contributed by atoms with Crippen LogP contribution in [0.15, 0.2) is 36.7 Å². The number of pyridine rings is 1. The van der Waals surface area contributed by atoms with E-state index in [4.69, 9.17) is 23.2 Å². The molecule has 0 saturated heterocycles. The quantitative estimate of drug-likeness (QED) is 0.519. The molecule has 2 heterocycles. The van der Waals surface area contributed by atoms with Crippen molar-refractivity contribution in [3.05, 3.63) is 62.6 Å². The highest BCUT2D eigenvalue weighted by Crippen LogP contribution is 2.28. The lowest BCUT2D eigenvalue weighted by Crippen LogP contribution is -1.92. The second kappa shape index (κ2) is 4.98. The minimum Gasteiger partial charge on any atom is -0.304 e. The summed E-state index contributed by atoms with van der Waals surface area (Å²) in [6.45, 7) is 0. The minimum absolute atomic E-state index is 0.352. The monoisotopic (exact) mass is 325 g/mol. The van der Waals surface area contributed by atoms with E-state index in [1.54, 1.807) is 22.9 Å². The molecule has 8 heteroatoms. The van der Waals surface area contributed by atoms with Gasteiger partial charge in [-0.3, -0.25) is 10.1 Å². The molecule has 1 aromatic carbocycles. The lowest BCUT2D eigenvalue weighted by Gasteiger charge is -1.97. The van der Waals surface area contributed by atoms with Gasteiger partial charge in [0.05, 0.1) is 20.7 Å². The standard InChI is InChI=1S/C13H6Cl2FN3O2/c14-8-4-9(15)13-17-11(6-18(13)5-8)7-1-2-10(16)12(3-7)19(20)21/h1-6H. The van der Waals surface area contributed by atoms with Crippen molar-refractivity contribution in [2.75, 3.05) is 0 Å². The molecule has 0 fully saturated rings. The molecular formula is C13H6Cl2FN3O2. The van der Waals surface area contributed by atoms with Gasteiger partial charge in [0.2, 0.25) is 5.82 Å². The summed E-state index contributed by atoms with van der Waals surface area (Å²) in [4.78, 5) is 14.3. The first-order valence-electron chi connectivity index (χ1n) is 5.74. The van der Waals surface area contributed by atoms with Crippen LogP contribution in [0.25, 0.3) is 16.9 Å². The lowest BCUT2D eigenvalue weighted by molar-refractivity contribution is -0.387. The maximum Gasteiger partial charge on any atom is 0.305 e. The molecule has 0 atom stereocenters. The molecule has 0 bridgehead atoms. The number of nitro benzene ring substituents is 1. The third-order valence-corrected chi connectivity index (χ3v) is 3.40. The fourth-order valence-corrected chi connectivity index (χ4v) is 2.50. The largest absolute Gasteiger partial charge is 0.305 e. The molecule has 0 amide bonds. The zero-order valence-electron chi connectivity index (χ0n) is 10.3.